The number of hydrogen-bond acceptors (Lipinski definition) is 6. The van der Waals surface area contributed by atoms with Crippen LogP contribution in [0.3, 0.4) is 0 Å². The third kappa shape index (κ3) is 2.67. The third-order valence-electron chi connectivity index (χ3n) is 2.65. The molecule has 0 spiro atoms. The van der Waals surface area contributed by atoms with E-state index in [9.17, 15) is 10.1 Å². The number of nitrogens with two attached hydrogens (primary N) is 1. The standard InChI is InChI=1S/C10H13N3O3S/c1-6-8(4-5-16-6)17-9-3-2-7(13(14)15)10(11)12-9/h2-3,6,8H,4-5H2,1H3,(H2,11,12). The number of ether oxygens (including phenoxy) is 1. The van der Waals surface area contributed by atoms with Crippen LogP contribution in [0.15, 0.2) is 17.2 Å². The molecule has 1 aromatic rings. The zero-order valence-electron chi connectivity index (χ0n) is 9.33. The van der Waals surface area contributed by atoms with Gasteiger partial charge in [-0.3, -0.25) is 10.1 Å². The van der Waals surface area contributed by atoms with Gasteiger partial charge in [-0.25, -0.2) is 4.98 Å². The summed E-state index contributed by atoms with van der Waals surface area (Å²) < 4.78 is 5.44. The summed E-state index contributed by atoms with van der Waals surface area (Å²) in [5, 5.41) is 11.6. The lowest BCUT2D eigenvalue weighted by atomic mass is 10.3. The van der Waals surface area contributed by atoms with E-state index in [4.69, 9.17) is 10.5 Å². The van der Waals surface area contributed by atoms with Gasteiger partial charge in [0.05, 0.1) is 16.1 Å². The first-order valence-corrected chi connectivity index (χ1v) is 6.15. The van der Waals surface area contributed by atoms with Crippen molar-refractivity contribution in [2.24, 2.45) is 0 Å². The molecule has 2 rings (SSSR count). The topological polar surface area (TPSA) is 91.3 Å². The maximum atomic E-state index is 10.6. The maximum Gasteiger partial charge on any atom is 0.311 e. The molecule has 17 heavy (non-hydrogen) atoms. The van der Waals surface area contributed by atoms with Crippen molar-refractivity contribution in [1.82, 2.24) is 4.98 Å². The Labute approximate surface area is 103 Å². The van der Waals surface area contributed by atoms with E-state index in [0.29, 0.717) is 10.3 Å². The molecular weight excluding hydrogens is 242 g/mol. The van der Waals surface area contributed by atoms with Crippen LogP contribution >= 0.6 is 11.8 Å². The molecule has 1 fully saturated rings. The van der Waals surface area contributed by atoms with Gasteiger partial charge in [-0.05, 0) is 19.4 Å². The molecule has 0 aromatic carbocycles. The first-order valence-electron chi connectivity index (χ1n) is 5.27. The fourth-order valence-electron chi connectivity index (χ4n) is 1.69. The summed E-state index contributed by atoms with van der Waals surface area (Å²) in [6.45, 7) is 2.76. The number of hydrogen-bond donors (Lipinski definition) is 1. The molecule has 92 valence electrons. The van der Waals surface area contributed by atoms with Crippen molar-refractivity contribution < 1.29 is 9.66 Å². The zero-order chi connectivity index (χ0) is 12.4. The van der Waals surface area contributed by atoms with E-state index in [1.165, 1.54) is 6.07 Å². The minimum Gasteiger partial charge on any atom is -0.378 e. The van der Waals surface area contributed by atoms with Gasteiger partial charge in [0.2, 0.25) is 5.82 Å². The Hall–Kier alpha value is -1.34. The summed E-state index contributed by atoms with van der Waals surface area (Å²) in [6, 6.07) is 3.02. The lowest BCUT2D eigenvalue weighted by Crippen LogP contribution is -2.13. The average molecular weight is 255 g/mol. The second-order valence-corrected chi connectivity index (χ2v) is 5.09. The van der Waals surface area contributed by atoms with Gasteiger partial charge in [-0.15, -0.1) is 11.8 Å². The van der Waals surface area contributed by atoms with Crippen molar-refractivity contribution in [3.8, 4) is 0 Å². The SMILES string of the molecule is CC1OCCC1Sc1ccc([N+](=O)[O-])c(N)n1. The summed E-state index contributed by atoms with van der Waals surface area (Å²) in [5.41, 5.74) is 5.39. The van der Waals surface area contributed by atoms with Crippen LogP contribution in [0.4, 0.5) is 11.5 Å². The molecule has 2 atom stereocenters. The molecule has 7 heteroatoms. The Morgan fingerprint density at radius 3 is 2.94 bits per heavy atom. The van der Waals surface area contributed by atoms with Crippen LogP contribution < -0.4 is 5.73 Å². The van der Waals surface area contributed by atoms with Crippen molar-refractivity contribution in [3.05, 3.63) is 22.2 Å². The van der Waals surface area contributed by atoms with E-state index >= 15 is 0 Å². The predicted molar refractivity (Wildman–Crippen MR) is 65.0 cm³/mol. The first-order chi connectivity index (χ1) is 8.08. The maximum absolute atomic E-state index is 10.6. The van der Waals surface area contributed by atoms with E-state index in [1.807, 2.05) is 6.92 Å². The van der Waals surface area contributed by atoms with Gasteiger partial charge in [0, 0.05) is 17.9 Å². The molecule has 0 radical (unpaired) electrons. The number of thioether (sulfide) groups is 1. The van der Waals surface area contributed by atoms with Gasteiger partial charge in [0.25, 0.3) is 0 Å². The average Bonchev–Trinajstić information content (AvgIpc) is 2.64. The quantitative estimate of drug-likeness (QED) is 0.654. The summed E-state index contributed by atoms with van der Waals surface area (Å²) >= 11 is 1.56. The second-order valence-electron chi connectivity index (χ2n) is 3.83. The number of nitrogen functional groups attached to an aromatic ring is 1. The minimum atomic E-state index is -0.530. The normalized spacial score (nSPS) is 23.8. The lowest BCUT2D eigenvalue weighted by Gasteiger charge is -2.12. The fourth-order valence-corrected chi connectivity index (χ4v) is 2.78. The van der Waals surface area contributed by atoms with E-state index in [1.54, 1.807) is 17.8 Å². The molecule has 0 bridgehead atoms. The summed E-state index contributed by atoms with van der Waals surface area (Å²) in [4.78, 5) is 14.1. The molecule has 0 saturated carbocycles. The fraction of sp³-hybridized carbons (Fsp3) is 0.500. The van der Waals surface area contributed by atoms with Crippen molar-refractivity contribution in [2.45, 2.75) is 29.7 Å². The zero-order valence-corrected chi connectivity index (χ0v) is 10.1. The molecule has 0 aliphatic carbocycles. The van der Waals surface area contributed by atoms with Crippen LogP contribution in [-0.4, -0.2) is 27.9 Å². The van der Waals surface area contributed by atoms with Crippen molar-refractivity contribution in [2.75, 3.05) is 12.3 Å². The Morgan fingerprint density at radius 2 is 2.41 bits per heavy atom. The smallest absolute Gasteiger partial charge is 0.311 e. The summed E-state index contributed by atoms with van der Waals surface area (Å²) in [6.07, 6.45) is 1.14. The molecule has 1 aliphatic rings. The Morgan fingerprint density at radius 1 is 1.65 bits per heavy atom. The van der Waals surface area contributed by atoms with Gasteiger partial charge in [0.15, 0.2) is 0 Å². The predicted octanol–water partition coefficient (Wildman–Crippen LogP) is 1.84. The van der Waals surface area contributed by atoms with Gasteiger partial charge < -0.3 is 10.5 Å². The molecule has 1 saturated heterocycles. The van der Waals surface area contributed by atoms with Crippen LogP contribution in [0.2, 0.25) is 0 Å². The van der Waals surface area contributed by atoms with Crippen molar-refractivity contribution in [1.29, 1.82) is 0 Å². The molecule has 1 aliphatic heterocycles. The second kappa shape index (κ2) is 4.89. The Bertz CT molecular complexity index is 441. The van der Waals surface area contributed by atoms with E-state index in [0.717, 1.165) is 13.0 Å². The first kappa shape index (κ1) is 12.1. The lowest BCUT2D eigenvalue weighted by molar-refractivity contribution is -0.384. The monoisotopic (exact) mass is 255 g/mol. The molecule has 2 unspecified atom stereocenters. The van der Waals surface area contributed by atoms with Crippen LogP contribution in [-0.2, 0) is 4.74 Å². The number of nitro groups is 1. The number of anilines is 1. The molecular formula is C10H13N3O3S. The number of rotatable bonds is 3. The molecule has 2 N–H and O–H groups in total. The van der Waals surface area contributed by atoms with Gasteiger partial charge in [0.1, 0.15) is 0 Å². The molecule has 2 heterocycles. The van der Waals surface area contributed by atoms with Gasteiger partial charge in [-0.1, -0.05) is 0 Å². The highest BCUT2D eigenvalue weighted by molar-refractivity contribution is 7.99. The number of nitrogens with zero attached hydrogens (tertiary/aromatic N) is 2. The van der Waals surface area contributed by atoms with Gasteiger partial charge >= 0.3 is 5.69 Å². The minimum absolute atomic E-state index is 0.0356. The van der Waals surface area contributed by atoms with E-state index in [2.05, 4.69) is 4.98 Å². The number of pyridine rings is 1. The van der Waals surface area contributed by atoms with Crippen molar-refractivity contribution in [3.63, 3.8) is 0 Å². The van der Waals surface area contributed by atoms with Crippen LogP contribution in [0, 0.1) is 10.1 Å². The number of aromatic nitrogens is 1. The Kier molecular flexibility index (Phi) is 3.49. The van der Waals surface area contributed by atoms with Crippen LogP contribution in [0.5, 0.6) is 0 Å². The van der Waals surface area contributed by atoms with E-state index < -0.39 is 4.92 Å². The highest BCUT2D eigenvalue weighted by atomic mass is 32.2. The molecule has 1 aromatic heterocycles. The summed E-state index contributed by atoms with van der Waals surface area (Å²) in [7, 11) is 0. The van der Waals surface area contributed by atoms with Crippen LogP contribution in [0.1, 0.15) is 13.3 Å². The molecule has 6 nitrogen and oxygen atoms in total. The van der Waals surface area contributed by atoms with Crippen molar-refractivity contribution >= 4 is 23.3 Å². The largest absolute Gasteiger partial charge is 0.378 e. The summed E-state index contributed by atoms with van der Waals surface area (Å²) in [5.74, 6) is -0.0356. The molecule has 0 amide bonds. The van der Waals surface area contributed by atoms with Gasteiger partial charge in [-0.2, -0.15) is 0 Å². The highest BCUT2D eigenvalue weighted by Crippen LogP contribution is 2.33. The highest BCUT2D eigenvalue weighted by Gasteiger charge is 2.26. The third-order valence-corrected chi connectivity index (χ3v) is 4.04. The van der Waals surface area contributed by atoms with E-state index in [-0.39, 0.29) is 17.6 Å². The van der Waals surface area contributed by atoms with Crippen LogP contribution in [0.25, 0.3) is 0 Å². The Balaban J connectivity index is 2.12.